The Morgan fingerprint density at radius 2 is 1.86 bits per heavy atom. The summed E-state index contributed by atoms with van der Waals surface area (Å²) in [6, 6.07) is 3.56. The maximum Gasteiger partial charge on any atom is 0.270 e. The minimum Gasteiger partial charge on any atom is -0.477 e. The highest BCUT2D eigenvalue weighted by molar-refractivity contribution is 5.93. The van der Waals surface area contributed by atoms with Gasteiger partial charge in [-0.2, -0.15) is 0 Å². The monoisotopic (exact) mass is 385 g/mol. The van der Waals surface area contributed by atoms with Gasteiger partial charge in [-0.1, -0.05) is 25.3 Å². The highest BCUT2D eigenvalue weighted by Crippen LogP contribution is 2.44. The van der Waals surface area contributed by atoms with Crippen LogP contribution in [0.1, 0.15) is 86.2 Å². The molecule has 28 heavy (non-hydrogen) atoms. The van der Waals surface area contributed by atoms with Gasteiger partial charge >= 0.3 is 0 Å². The van der Waals surface area contributed by atoms with Crippen molar-refractivity contribution in [3.8, 4) is 5.88 Å². The lowest BCUT2D eigenvalue weighted by Gasteiger charge is -2.30. The zero-order valence-electron chi connectivity index (χ0n) is 16.5. The molecule has 1 aromatic rings. The smallest absolute Gasteiger partial charge is 0.270 e. The van der Waals surface area contributed by atoms with E-state index in [1.54, 1.807) is 6.07 Å². The van der Waals surface area contributed by atoms with Gasteiger partial charge in [0, 0.05) is 18.0 Å². The minimum absolute atomic E-state index is 0.182. The molecule has 2 amide bonds. The van der Waals surface area contributed by atoms with Gasteiger partial charge in [0.25, 0.3) is 5.91 Å². The van der Waals surface area contributed by atoms with Gasteiger partial charge in [-0.25, -0.2) is 4.98 Å². The number of amides is 2. The molecule has 0 bridgehead atoms. The highest BCUT2D eigenvalue weighted by atomic mass is 16.5. The molecular formula is C22H31N3O3. The lowest BCUT2D eigenvalue weighted by Crippen LogP contribution is -2.43. The number of primary amides is 1. The molecule has 1 heterocycles. The third-order valence-electron chi connectivity index (χ3n) is 6.25. The molecule has 0 aliphatic heterocycles. The van der Waals surface area contributed by atoms with Crippen LogP contribution in [-0.2, 0) is 4.79 Å². The molecule has 3 aliphatic carbocycles. The van der Waals surface area contributed by atoms with Crippen LogP contribution in [0.25, 0.3) is 0 Å². The normalized spacial score (nSPS) is 21.1. The van der Waals surface area contributed by atoms with E-state index in [-0.39, 0.29) is 24.3 Å². The molecule has 0 saturated heterocycles. The average molecular weight is 386 g/mol. The predicted octanol–water partition coefficient (Wildman–Crippen LogP) is 3.30. The van der Waals surface area contributed by atoms with Crippen LogP contribution in [-0.4, -0.2) is 29.4 Å². The van der Waals surface area contributed by atoms with E-state index >= 15 is 0 Å². The van der Waals surface area contributed by atoms with Gasteiger partial charge in [-0.05, 0) is 62.3 Å². The number of aromatic nitrogens is 1. The summed E-state index contributed by atoms with van der Waals surface area (Å²) in [5.74, 6) is 1.46. The van der Waals surface area contributed by atoms with Crippen molar-refractivity contribution in [3.63, 3.8) is 0 Å². The van der Waals surface area contributed by atoms with Crippen LogP contribution in [0.2, 0.25) is 0 Å². The molecule has 6 heteroatoms. The van der Waals surface area contributed by atoms with Gasteiger partial charge in [0.1, 0.15) is 5.69 Å². The van der Waals surface area contributed by atoms with Gasteiger partial charge in [-0.3, -0.25) is 9.59 Å². The molecule has 6 nitrogen and oxygen atoms in total. The number of hydrogen-bond acceptors (Lipinski definition) is 4. The van der Waals surface area contributed by atoms with Crippen LogP contribution >= 0.6 is 0 Å². The summed E-state index contributed by atoms with van der Waals surface area (Å²) >= 11 is 0. The first-order valence-corrected chi connectivity index (χ1v) is 10.8. The Morgan fingerprint density at radius 3 is 2.50 bits per heavy atom. The molecule has 4 rings (SSSR count). The number of ether oxygens (including phenoxy) is 1. The zero-order chi connectivity index (χ0) is 19.5. The Labute approximate surface area is 166 Å². The fraction of sp³-hybridized carbons (Fsp3) is 0.682. The van der Waals surface area contributed by atoms with E-state index < -0.39 is 0 Å². The quantitative estimate of drug-likeness (QED) is 0.682. The Bertz CT molecular complexity index is 722. The fourth-order valence-corrected chi connectivity index (χ4v) is 4.21. The van der Waals surface area contributed by atoms with E-state index in [0.29, 0.717) is 35.9 Å². The number of hydrogen-bond donors (Lipinski definition) is 2. The van der Waals surface area contributed by atoms with Crippen molar-refractivity contribution in [2.75, 3.05) is 6.61 Å². The number of rotatable bonds is 9. The minimum atomic E-state index is -0.374. The van der Waals surface area contributed by atoms with E-state index in [0.717, 1.165) is 44.1 Å². The summed E-state index contributed by atoms with van der Waals surface area (Å²) in [6.45, 7) is 0.685. The molecular weight excluding hydrogens is 354 g/mol. The van der Waals surface area contributed by atoms with Gasteiger partial charge in [0.15, 0.2) is 0 Å². The number of pyridine rings is 1. The summed E-state index contributed by atoms with van der Waals surface area (Å²) in [6.07, 6.45) is 10.5. The number of nitrogens with one attached hydrogen (secondary N) is 1. The van der Waals surface area contributed by atoms with E-state index in [1.165, 1.54) is 19.3 Å². The van der Waals surface area contributed by atoms with Crippen LogP contribution in [0.15, 0.2) is 12.1 Å². The molecule has 3 N–H and O–H groups in total. The molecule has 3 fully saturated rings. The largest absolute Gasteiger partial charge is 0.477 e. The predicted molar refractivity (Wildman–Crippen MR) is 106 cm³/mol. The molecule has 1 atom stereocenters. The number of nitrogens with zero attached hydrogens (tertiary/aromatic N) is 1. The van der Waals surface area contributed by atoms with Crippen LogP contribution in [0, 0.1) is 11.8 Å². The first-order chi connectivity index (χ1) is 13.6. The van der Waals surface area contributed by atoms with E-state index in [2.05, 4.69) is 10.3 Å². The molecule has 152 valence electrons. The van der Waals surface area contributed by atoms with Gasteiger partial charge < -0.3 is 15.8 Å². The van der Waals surface area contributed by atoms with Crippen molar-refractivity contribution >= 4 is 11.8 Å². The molecule has 1 unspecified atom stereocenters. The Kier molecular flexibility index (Phi) is 5.83. The second kappa shape index (κ2) is 8.50. The van der Waals surface area contributed by atoms with E-state index in [9.17, 15) is 9.59 Å². The molecule has 0 radical (unpaired) electrons. The van der Waals surface area contributed by atoms with E-state index in [4.69, 9.17) is 10.5 Å². The lowest BCUT2D eigenvalue weighted by atomic mass is 9.82. The van der Waals surface area contributed by atoms with Gasteiger partial charge in [-0.15, -0.1) is 0 Å². The molecule has 0 spiro atoms. The highest BCUT2D eigenvalue weighted by Gasteiger charge is 2.31. The van der Waals surface area contributed by atoms with E-state index in [1.807, 2.05) is 6.07 Å². The Balaban J connectivity index is 1.46. The summed E-state index contributed by atoms with van der Waals surface area (Å²) in [5, 5.41) is 3.05. The molecule has 1 aromatic heterocycles. The van der Waals surface area contributed by atoms with Crippen molar-refractivity contribution in [2.45, 2.75) is 76.2 Å². The topological polar surface area (TPSA) is 94.3 Å². The number of nitrogens with two attached hydrogens (primary N) is 1. The first-order valence-electron chi connectivity index (χ1n) is 10.8. The third-order valence-corrected chi connectivity index (χ3v) is 6.25. The first kappa shape index (κ1) is 19.2. The maximum atomic E-state index is 12.9. The average Bonchev–Trinajstić information content (AvgIpc) is 3.60. The van der Waals surface area contributed by atoms with Crippen molar-refractivity contribution in [2.24, 2.45) is 17.6 Å². The second-order valence-electron chi connectivity index (χ2n) is 8.77. The SMILES string of the molecule is NC(=O)CC(NC(=O)c1ccc(C2CC2)c(OCC2CC2)n1)C1CCCCC1. The van der Waals surface area contributed by atoms with Crippen molar-refractivity contribution in [1.29, 1.82) is 0 Å². The summed E-state index contributed by atoms with van der Waals surface area (Å²) in [5.41, 5.74) is 6.93. The number of carbonyl (C=O) groups excluding carboxylic acids is 2. The summed E-state index contributed by atoms with van der Waals surface area (Å²) < 4.78 is 5.97. The zero-order valence-corrected chi connectivity index (χ0v) is 16.5. The van der Waals surface area contributed by atoms with Crippen LogP contribution < -0.4 is 15.8 Å². The summed E-state index contributed by atoms with van der Waals surface area (Å²) in [7, 11) is 0. The van der Waals surface area contributed by atoms with Crippen LogP contribution in [0.5, 0.6) is 5.88 Å². The third kappa shape index (κ3) is 5.03. The van der Waals surface area contributed by atoms with Crippen LogP contribution in [0.4, 0.5) is 0 Å². The number of carbonyl (C=O) groups is 2. The standard InChI is InChI=1S/C22H31N3O3/c23-20(26)12-19(16-4-2-1-3-5-16)24-21(27)18-11-10-17(15-8-9-15)22(25-18)28-13-14-6-7-14/h10-11,14-16,19H,1-9,12-13H2,(H2,23,26)(H,24,27). The molecule has 0 aromatic carbocycles. The lowest BCUT2D eigenvalue weighted by molar-refractivity contribution is -0.118. The second-order valence-corrected chi connectivity index (χ2v) is 8.77. The molecule has 3 aliphatic rings. The maximum absolute atomic E-state index is 12.9. The molecule has 3 saturated carbocycles. The summed E-state index contributed by atoms with van der Waals surface area (Å²) in [4.78, 5) is 29.0. The fourth-order valence-electron chi connectivity index (χ4n) is 4.21. The Hall–Kier alpha value is -2.11. The van der Waals surface area contributed by atoms with Crippen molar-refractivity contribution in [3.05, 3.63) is 23.4 Å². The van der Waals surface area contributed by atoms with Gasteiger partial charge in [0.2, 0.25) is 11.8 Å². The van der Waals surface area contributed by atoms with Crippen molar-refractivity contribution < 1.29 is 14.3 Å². The van der Waals surface area contributed by atoms with Gasteiger partial charge in [0.05, 0.1) is 6.61 Å². The Morgan fingerprint density at radius 1 is 1.11 bits per heavy atom. The van der Waals surface area contributed by atoms with Crippen molar-refractivity contribution in [1.82, 2.24) is 10.3 Å². The van der Waals surface area contributed by atoms with Crippen LogP contribution in [0.3, 0.4) is 0 Å².